The molecule has 0 radical (unpaired) electrons. The first kappa shape index (κ1) is 25.3. The molecule has 0 amide bonds. The second kappa shape index (κ2) is 12.1. The van der Waals surface area contributed by atoms with Crippen molar-refractivity contribution in [3.63, 3.8) is 0 Å². The third-order valence-electron chi connectivity index (χ3n) is 3.62. The van der Waals surface area contributed by atoms with E-state index in [1.165, 1.54) is 13.8 Å². The summed E-state index contributed by atoms with van der Waals surface area (Å²) < 4.78 is 29.0. The number of esters is 1. The fourth-order valence-corrected chi connectivity index (χ4v) is 3.37. The number of hydrogen-bond acceptors (Lipinski definition) is 8. The van der Waals surface area contributed by atoms with Crippen LogP contribution in [-0.2, 0) is 23.4 Å². The fourth-order valence-electron chi connectivity index (χ4n) is 2.08. The van der Waals surface area contributed by atoms with Crippen LogP contribution in [0.25, 0.3) is 0 Å². The van der Waals surface area contributed by atoms with E-state index in [-0.39, 0.29) is 41.1 Å². The number of nitrogens with one attached hydrogen (secondary N) is 1. The molecule has 1 unspecified atom stereocenters. The fraction of sp³-hybridized carbons (Fsp3) is 0.350. The number of aliphatic hydroxyl groups is 1. The molecule has 0 fully saturated rings. The Balaban J connectivity index is 3.05. The second-order valence-corrected chi connectivity index (χ2v) is 8.20. The lowest BCUT2D eigenvalue weighted by Gasteiger charge is -2.20. The summed E-state index contributed by atoms with van der Waals surface area (Å²) >= 11 is 0. The van der Waals surface area contributed by atoms with Crippen LogP contribution in [0.3, 0.4) is 0 Å². The average Bonchev–Trinajstić information content (AvgIpc) is 2.71. The van der Waals surface area contributed by atoms with Gasteiger partial charge in [-0.1, -0.05) is 18.2 Å². The van der Waals surface area contributed by atoms with Gasteiger partial charge in [-0.15, -0.1) is 0 Å². The Bertz CT molecular complexity index is 863. The summed E-state index contributed by atoms with van der Waals surface area (Å²) in [5, 5.41) is 12.5. The highest BCUT2D eigenvalue weighted by molar-refractivity contribution is 7.52. The molecule has 10 heteroatoms. The number of para-hydroxylation sites is 1. The van der Waals surface area contributed by atoms with Crippen molar-refractivity contribution in [3.05, 3.63) is 52.9 Å². The van der Waals surface area contributed by atoms with Gasteiger partial charge in [0.1, 0.15) is 18.1 Å². The number of aliphatic hydroxyl groups excluding tert-OH is 1. The smallest absolute Gasteiger partial charge is 0.459 e. The minimum atomic E-state index is -4.04. The largest absolute Gasteiger partial charge is 0.505 e. The van der Waals surface area contributed by atoms with Gasteiger partial charge in [-0.25, -0.2) is 9.65 Å². The van der Waals surface area contributed by atoms with E-state index in [0.29, 0.717) is 6.29 Å². The molecule has 1 aromatic carbocycles. The third kappa shape index (κ3) is 8.32. The quantitative estimate of drug-likeness (QED) is 0.0962. The highest BCUT2D eigenvalue weighted by Gasteiger charge is 2.28. The van der Waals surface area contributed by atoms with Crippen LogP contribution in [0, 0.1) is 0 Å². The Labute approximate surface area is 176 Å². The van der Waals surface area contributed by atoms with Crippen molar-refractivity contribution in [1.82, 2.24) is 5.09 Å². The van der Waals surface area contributed by atoms with E-state index in [2.05, 4.69) is 16.8 Å². The molecule has 0 heterocycles. The maximum absolute atomic E-state index is 13.2. The number of allylic oxidation sites excluding steroid dienone is 2. The molecule has 1 atom stereocenters. The minimum absolute atomic E-state index is 0.0784. The van der Waals surface area contributed by atoms with E-state index in [0.717, 1.165) is 0 Å². The number of nitrogens with zero attached hydrogens (tertiary/aromatic N) is 1. The Morgan fingerprint density at radius 1 is 1.30 bits per heavy atom. The van der Waals surface area contributed by atoms with Crippen molar-refractivity contribution < 1.29 is 33.0 Å². The summed E-state index contributed by atoms with van der Waals surface area (Å²) in [5.74, 6) is -0.759. The molecule has 0 aliphatic carbocycles. The predicted octanol–water partition coefficient (Wildman–Crippen LogP) is 3.74. The number of rotatable bonds is 12. The van der Waals surface area contributed by atoms with Gasteiger partial charge < -0.3 is 14.4 Å². The van der Waals surface area contributed by atoms with E-state index in [9.17, 15) is 19.3 Å². The van der Waals surface area contributed by atoms with Crippen LogP contribution in [0.4, 0.5) is 0 Å². The minimum Gasteiger partial charge on any atom is -0.505 e. The van der Waals surface area contributed by atoms with Crippen molar-refractivity contribution in [1.29, 1.82) is 0 Å². The standard InChI is InChI=1S/C20H27N2O7P/c1-14(2)28-19(24)11-22-30(26,29-17-9-7-6-8-10-17)27-13-15(3)18(12-23)20(25)16(4)21-5/h6-10,12,14,25H,5,11,13H2,1-4H3,(H,22,26)/b18-15+,20-16+. The van der Waals surface area contributed by atoms with E-state index >= 15 is 0 Å². The highest BCUT2D eigenvalue weighted by Crippen LogP contribution is 2.44. The first-order valence-electron chi connectivity index (χ1n) is 9.07. The van der Waals surface area contributed by atoms with Gasteiger partial charge in [-0.3, -0.25) is 19.1 Å². The van der Waals surface area contributed by atoms with Crippen molar-refractivity contribution in [2.24, 2.45) is 4.99 Å². The van der Waals surface area contributed by atoms with Gasteiger partial charge in [-0.05, 0) is 52.1 Å². The van der Waals surface area contributed by atoms with Crippen LogP contribution in [0.15, 0.2) is 57.9 Å². The molecule has 0 aliphatic heterocycles. The molecule has 1 aromatic rings. The molecule has 164 valence electrons. The lowest BCUT2D eigenvalue weighted by Crippen LogP contribution is -2.27. The summed E-state index contributed by atoms with van der Waals surface area (Å²) in [6.07, 6.45) is 0.0884. The van der Waals surface area contributed by atoms with Crippen molar-refractivity contribution in [3.8, 4) is 5.75 Å². The molecule has 0 saturated carbocycles. The molecule has 0 saturated heterocycles. The molecule has 1 rings (SSSR count). The Morgan fingerprint density at radius 3 is 2.47 bits per heavy atom. The van der Waals surface area contributed by atoms with E-state index in [1.807, 2.05) is 0 Å². The van der Waals surface area contributed by atoms with Crippen molar-refractivity contribution >= 4 is 26.7 Å². The summed E-state index contributed by atoms with van der Waals surface area (Å²) in [5.41, 5.74) is 0.342. The normalized spacial score (nSPS) is 14.8. The molecule has 9 nitrogen and oxygen atoms in total. The number of carbonyl (C=O) groups excluding carboxylic acids is 2. The van der Waals surface area contributed by atoms with Crippen LogP contribution in [0.1, 0.15) is 27.7 Å². The van der Waals surface area contributed by atoms with E-state index < -0.39 is 20.3 Å². The molecule has 0 aliphatic rings. The van der Waals surface area contributed by atoms with Crippen molar-refractivity contribution in [2.45, 2.75) is 33.8 Å². The maximum Gasteiger partial charge on any atom is 0.459 e. The van der Waals surface area contributed by atoms with Gasteiger partial charge in [0.15, 0.2) is 6.29 Å². The van der Waals surface area contributed by atoms with Crippen LogP contribution in [0.2, 0.25) is 0 Å². The van der Waals surface area contributed by atoms with E-state index in [4.69, 9.17) is 13.8 Å². The van der Waals surface area contributed by atoms with Crippen molar-refractivity contribution in [2.75, 3.05) is 13.2 Å². The number of aliphatic imine (C=N–C) groups is 1. The number of carbonyl (C=O) groups is 2. The number of aldehydes is 1. The van der Waals surface area contributed by atoms with Crippen LogP contribution >= 0.6 is 7.75 Å². The zero-order valence-electron chi connectivity index (χ0n) is 17.5. The van der Waals surface area contributed by atoms with Gasteiger partial charge in [0.05, 0.1) is 24.0 Å². The zero-order chi connectivity index (χ0) is 22.7. The molecule has 30 heavy (non-hydrogen) atoms. The topological polar surface area (TPSA) is 124 Å². The predicted molar refractivity (Wildman–Crippen MR) is 114 cm³/mol. The lowest BCUT2D eigenvalue weighted by atomic mass is 10.1. The highest BCUT2D eigenvalue weighted by atomic mass is 31.2. The summed E-state index contributed by atoms with van der Waals surface area (Å²) in [7, 11) is -4.04. The maximum atomic E-state index is 13.2. The first-order chi connectivity index (χ1) is 14.1. The van der Waals surface area contributed by atoms with Gasteiger partial charge in [0.2, 0.25) is 0 Å². The molecule has 0 aromatic heterocycles. The van der Waals surface area contributed by atoms with Gasteiger partial charge >= 0.3 is 13.7 Å². The monoisotopic (exact) mass is 438 g/mol. The van der Waals surface area contributed by atoms with Crippen LogP contribution in [0.5, 0.6) is 5.75 Å². The number of ether oxygens (including phenoxy) is 1. The SMILES string of the molecule is C=N/C(C)=C(O)\C(C=O)=C(/C)COP(=O)(NCC(=O)OC(C)C)Oc1ccccc1. The molecular formula is C20H27N2O7P. The second-order valence-electron chi connectivity index (χ2n) is 6.45. The summed E-state index contributed by atoms with van der Waals surface area (Å²) in [6, 6.07) is 8.24. The molecule has 2 N–H and O–H groups in total. The Kier molecular flexibility index (Phi) is 10.2. The summed E-state index contributed by atoms with van der Waals surface area (Å²) in [4.78, 5) is 26.8. The molecule has 0 bridgehead atoms. The third-order valence-corrected chi connectivity index (χ3v) is 5.08. The average molecular weight is 438 g/mol. The Morgan fingerprint density at radius 2 is 1.93 bits per heavy atom. The van der Waals surface area contributed by atoms with Gasteiger partial charge in [-0.2, -0.15) is 0 Å². The zero-order valence-corrected chi connectivity index (χ0v) is 18.3. The molecule has 0 spiro atoms. The number of hydrogen-bond donors (Lipinski definition) is 2. The van der Waals surface area contributed by atoms with Gasteiger partial charge in [0, 0.05) is 0 Å². The number of benzene rings is 1. The Hall–Kier alpha value is -2.74. The van der Waals surface area contributed by atoms with Crippen LogP contribution < -0.4 is 9.61 Å². The van der Waals surface area contributed by atoms with Crippen LogP contribution in [-0.4, -0.2) is 43.3 Å². The first-order valence-corrected chi connectivity index (χ1v) is 10.6. The van der Waals surface area contributed by atoms with E-state index in [1.54, 1.807) is 44.2 Å². The summed E-state index contributed by atoms with van der Waals surface area (Å²) in [6.45, 7) is 8.90. The lowest BCUT2D eigenvalue weighted by molar-refractivity contribution is -0.146. The molecular weight excluding hydrogens is 411 g/mol. The van der Waals surface area contributed by atoms with Gasteiger partial charge in [0.25, 0.3) is 0 Å².